The maximum absolute atomic E-state index is 12.9. The Labute approximate surface area is 300 Å². The molecular weight excluding hydrogens is 685 g/mol. The number of methoxy groups -OCH3 is 2. The van der Waals surface area contributed by atoms with Crippen molar-refractivity contribution in [2.75, 3.05) is 26.1 Å². The molecule has 0 radical (unpaired) electrons. The van der Waals surface area contributed by atoms with E-state index >= 15 is 0 Å². The molecule has 2 N–H and O–H groups in total. The highest BCUT2D eigenvalue weighted by atomic mass is 31.1. The van der Waals surface area contributed by atoms with Crippen molar-refractivity contribution in [2.24, 2.45) is 0 Å². The molecule has 1 amide bonds. The van der Waals surface area contributed by atoms with E-state index in [9.17, 15) is 14.3 Å². The molecule has 2 aromatic heterocycles. The first-order valence-electron chi connectivity index (χ1n) is 16.4. The number of ether oxygens (including phenoxy) is 4. The van der Waals surface area contributed by atoms with Gasteiger partial charge in [-0.25, -0.2) is 15.0 Å². The Morgan fingerprint density at radius 2 is 1.46 bits per heavy atom. The molecule has 1 saturated heterocycles. The van der Waals surface area contributed by atoms with Gasteiger partial charge in [-0.15, -0.1) is 9.42 Å². The maximum Gasteiger partial charge on any atom is 0.695 e. The Morgan fingerprint density at radius 3 is 2.06 bits per heavy atom. The summed E-state index contributed by atoms with van der Waals surface area (Å²) in [7, 11) is 0.236. The summed E-state index contributed by atoms with van der Waals surface area (Å²) in [5.74, 6) is 1.25. The van der Waals surface area contributed by atoms with Crippen molar-refractivity contribution in [1.29, 1.82) is 0 Å². The maximum atomic E-state index is 12.9. The average molecular weight is 721 g/mol. The molecule has 4 aromatic carbocycles. The fourth-order valence-corrected chi connectivity index (χ4v) is 6.91. The number of benzene rings is 4. The summed E-state index contributed by atoms with van der Waals surface area (Å²) >= 11 is 0. The van der Waals surface area contributed by atoms with Crippen LogP contribution in [0.4, 0.5) is 5.82 Å². The molecule has 0 spiro atoms. The Balaban J connectivity index is 1.22. The van der Waals surface area contributed by atoms with Crippen molar-refractivity contribution in [1.82, 2.24) is 19.5 Å². The Morgan fingerprint density at radius 1 is 0.865 bits per heavy atom. The van der Waals surface area contributed by atoms with Gasteiger partial charge in [0, 0.05) is 16.5 Å². The Hall–Kier alpha value is -5.56. The molecule has 2 unspecified atom stereocenters. The second-order valence-electron chi connectivity index (χ2n) is 11.9. The van der Waals surface area contributed by atoms with E-state index in [1.807, 2.05) is 84.9 Å². The lowest BCUT2D eigenvalue weighted by atomic mass is 9.80. The van der Waals surface area contributed by atoms with Crippen LogP contribution in [0.1, 0.15) is 39.7 Å². The molecule has 0 saturated carbocycles. The molecule has 3 heterocycles. The van der Waals surface area contributed by atoms with Crippen molar-refractivity contribution in [3.63, 3.8) is 0 Å². The quantitative estimate of drug-likeness (QED) is 0.100. The molecule has 0 bridgehead atoms. The summed E-state index contributed by atoms with van der Waals surface area (Å²) in [5, 5.41) is 2.81. The van der Waals surface area contributed by atoms with Crippen molar-refractivity contribution in [2.45, 2.75) is 30.5 Å². The molecule has 0 aliphatic carbocycles. The number of hydrogen-bond donors (Lipinski definition) is 2. The zero-order chi connectivity index (χ0) is 36.1. The van der Waals surface area contributed by atoms with Crippen LogP contribution in [0.2, 0.25) is 0 Å². The van der Waals surface area contributed by atoms with Crippen LogP contribution < -0.4 is 14.8 Å². The van der Waals surface area contributed by atoms with Gasteiger partial charge in [0.25, 0.3) is 5.91 Å². The third-order valence-electron chi connectivity index (χ3n) is 8.98. The van der Waals surface area contributed by atoms with E-state index in [1.54, 1.807) is 43.1 Å². The monoisotopic (exact) mass is 720 g/mol. The molecular formula is C38H35N5O8P+. The number of amides is 1. The first-order chi connectivity index (χ1) is 25.4. The largest absolute Gasteiger partial charge is 0.695 e. The first kappa shape index (κ1) is 34.9. The second-order valence-corrected chi connectivity index (χ2v) is 12.6. The number of anilines is 1. The zero-order valence-electron chi connectivity index (χ0n) is 28.2. The number of nitrogens with one attached hydrogen (secondary N) is 1. The fourth-order valence-electron chi connectivity index (χ4n) is 6.45. The molecule has 7 rings (SSSR count). The van der Waals surface area contributed by atoms with E-state index in [4.69, 9.17) is 23.5 Å². The second kappa shape index (κ2) is 15.4. The Kier molecular flexibility index (Phi) is 10.3. The number of fused-ring (bicyclic) bond motifs is 1. The molecule has 52 heavy (non-hydrogen) atoms. The summed E-state index contributed by atoms with van der Waals surface area (Å²) in [6.45, 7) is -0.0444. The predicted octanol–water partition coefficient (Wildman–Crippen LogP) is 6.43. The number of imidazole rings is 1. The van der Waals surface area contributed by atoms with Crippen LogP contribution in [0.3, 0.4) is 0 Å². The third kappa shape index (κ3) is 7.00. The van der Waals surface area contributed by atoms with Crippen molar-refractivity contribution in [3.05, 3.63) is 144 Å². The lowest BCUT2D eigenvalue weighted by molar-refractivity contribution is -0.0903. The van der Waals surface area contributed by atoms with E-state index in [0.717, 1.165) is 16.7 Å². The minimum absolute atomic E-state index is 0.0444. The van der Waals surface area contributed by atoms with Crippen LogP contribution in [0.15, 0.2) is 122 Å². The van der Waals surface area contributed by atoms with Gasteiger partial charge in [-0.2, -0.15) is 0 Å². The van der Waals surface area contributed by atoms with Crippen LogP contribution in [0, 0.1) is 0 Å². The van der Waals surface area contributed by atoms with Crippen LogP contribution in [-0.2, 0) is 24.2 Å². The smallest absolute Gasteiger partial charge is 0.497 e. The molecule has 264 valence electrons. The van der Waals surface area contributed by atoms with E-state index < -0.39 is 32.3 Å². The first-order valence-corrected chi connectivity index (χ1v) is 17.5. The van der Waals surface area contributed by atoms with Gasteiger partial charge in [-0.05, 0) is 53.1 Å². The third-order valence-corrected chi connectivity index (χ3v) is 9.43. The molecule has 4 atom stereocenters. The number of hydrogen-bond acceptors (Lipinski definition) is 10. The highest BCUT2D eigenvalue weighted by Crippen LogP contribution is 2.44. The standard InChI is InChI=1S/C38H34N5O8P/c1-47-29-17-13-27(14-18-29)38(26-11-7-4-8-12-26,28-15-19-30(48-2)20-16-28)49-22-32-31(51-52(45)46)21-33(50-32)43-24-41-34-35(39-23-40-36(34)43)42-37(44)25-9-5-3-6-10-25/h3-20,23-24,31-33H,21-22H2,1-2H3,(H-,39,40,42,44,45,46)/p+1/t31?,32-,33-/m1/s1. The van der Waals surface area contributed by atoms with Crippen LogP contribution in [0.5, 0.6) is 11.5 Å². The molecule has 1 fully saturated rings. The highest BCUT2D eigenvalue weighted by Gasteiger charge is 2.46. The summed E-state index contributed by atoms with van der Waals surface area (Å²) in [4.78, 5) is 36.0. The molecule has 1 aliphatic rings. The number of nitrogens with zero attached hydrogens (tertiary/aromatic N) is 4. The zero-order valence-corrected chi connectivity index (χ0v) is 29.1. The number of rotatable bonds is 13. The summed E-state index contributed by atoms with van der Waals surface area (Å²) in [5.41, 5.74) is 2.51. The van der Waals surface area contributed by atoms with Crippen molar-refractivity contribution >= 4 is 31.1 Å². The van der Waals surface area contributed by atoms with Gasteiger partial charge >= 0.3 is 8.25 Å². The summed E-state index contributed by atoms with van der Waals surface area (Å²) < 4.78 is 43.8. The molecule has 13 nitrogen and oxygen atoms in total. The fraction of sp³-hybridized carbons (Fsp3) is 0.211. The molecule has 14 heteroatoms. The van der Waals surface area contributed by atoms with Crippen molar-refractivity contribution in [3.8, 4) is 11.5 Å². The van der Waals surface area contributed by atoms with Crippen LogP contribution in [0.25, 0.3) is 11.2 Å². The number of carbonyl (C=O) groups excluding carboxylic acids is 1. The lowest BCUT2D eigenvalue weighted by Crippen LogP contribution is -2.38. The van der Waals surface area contributed by atoms with Crippen LogP contribution in [-0.4, -0.2) is 63.4 Å². The van der Waals surface area contributed by atoms with E-state index in [0.29, 0.717) is 28.2 Å². The minimum atomic E-state index is -2.98. The van der Waals surface area contributed by atoms with Crippen molar-refractivity contribution < 1.29 is 37.7 Å². The van der Waals surface area contributed by atoms with Gasteiger partial charge in [0.05, 0.1) is 27.2 Å². The van der Waals surface area contributed by atoms with Gasteiger partial charge in [-0.1, -0.05) is 72.8 Å². The summed E-state index contributed by atoms with van der Waals surface area (Å²) in [6, 6.07) is 33.8. The lowest BCUT2D eigenvalue weighted by Gasteiger charge is -2.37. The normalized spacial score (nSPS) is 17.5. The van der Waals surface area contributed by atoms with Crippen LogP contribution >= 0.6 is 8.25 Å². The van der Waals surface area contributed by atoms with E-state index in [1.165, 1.54) is 12.7 Å². The van der Waals surface area contributed by atoms with Gasteiger partial charge in [0.2, 0.25) is 0 Å². The average Bonchev–Trinajstić information content (AvgIpc) is 3.80. The minimum Gasteiger partial charge on any atom is -0.497 e. The number of aromatic nitrogens is 4. The number of carbonyl (C=O) groups is 1. The van der Waals surface area contributed by atoms with E-state index in [2.05, 4.69) is 20.3 Å². The highest BCUT2D eigenvalue weighted by molar-refractivity contribution is 7.32. The van der Waals surface area contributed by atoms with E-state index in [-0.39, 0.29) is 24.8 Å². The van der Waals surface area contributed by atoms with Gasteiger partial charge in [0.15, 0.2) is 17.0 Å². The van der Waals surface area contributed by atoms with Gasteiger partial charge in [-0.3, -0.25) is 9.36 Å². The SMILES string of the molecule is COc1ccc(C(OC[C@H]2O[C@@H](n3cnc4c(NC(=O)c5ccccc5)ncnc43)CC2O[P+](=O)O)(c2ccccc2)c2ccc(OC)cc2)cc1. The molecule has 6 aromatic rings. The summed E-state index contributed by atoms with van der Waals surface area (Å²) in [6.07, 6.45) is 0.694. The molecule has 1 aliphatic heterocycles. The van der Waals surface area contributed by atoms with Gasteiger partial charge in [0.1, 0.15) is 41.9 Å². The topological polar surface area (TPSA) is 156 Å². The Bertz CT molecular complexity index is 2100. The predicted molar refractivity (Wildman–Crippen MR) is 191 cm³/mol. The van der Waals surface area contributed by atoms with Gasteiger partial charge < -0.3 is 24.3 Å².